The number of hydrogen-bond acceptors (Lipinski definition) is 3. The molecule has 0 unspecified atom stereocenters. The zero-order chi connectivity index (χ0) is 10.4. The van der Waals surface area contributed by atoms with Gasteiger partial charge in [0.05, 0.1) is 0 Å². The van der Waals surface area contributed by atoms with Gasteiger partial charge in [0.2, 0.25) is 0 Å². The van der Waals surface area contributed by atoms with E-state index in [1.165, 1.54) is 0 Å². The highest BCUT2D eigenvalue weighted by Gasteiger charge is 2.03. The van der Waals surface area contributed by atoms with Crippen LogP contribution < -0.4 is 10.6 Å². The van der Waals surface area contributed by atoms with Crippen LogP contribution in [0.2, 0.25) is 0 Å². The molecule has 0 amide bonds. The molecule has 0 saturated carbocycles. The summed E-state index contributed by atoms with van der Waals surface area (Å²) in [5.74, 6) is 1.05. The summed E-state index contributed by atoms with van der Waals surface area (Å²) in [6.07, 6.45) is 3.00. The predicted octanol–water partition coefficient (Wildman–Crippen LogP) is 1.78. The summed E-state index contributed by atoms with van der Waals surface area (Å²) in [6, 6.07) is 4.09. The first-order valence-electron chi connectivity index (χ1n) is 5.21. The number of nitrogens with two attached hydrogens (primary N) is 1. The van der Waals surface area contributed by atoms with Crippen molar-refractivity contribution in [3.8, 4) is 0 Å². The van der Waals surface area contributed by atoms with E-state index in [0.29, 0.717) is 6.54 Å². The van der Waals surface area contributed by atoms with Crippen molar-refractivity contribution < 1.29 is 0 Å². The largest absolute Gasteiger partial charge is 0.357 e. The van der Waals surface area contributed by atoms with Crippen LogP contribution in [0.4, 0.5) is 5.82 Å². The van der Waals surface area contributed by atoms with E-state index in [0.717, 1.165) is 30.9 Å². The molecule has 0 aliphatic carbocycles. The second-order valence-electron chi connectivity index (χ2n) is 3.31. The van der Waals surface area contributed by atoms with Gasteiger partial charge in [0.25, 0.3) is 0 Å². The third kappa shape index (κ3) is 2.70. The molecule has 78 valence electrons. The number of anilines is 1. The highest BCUT2D eigenvalue weighted by molar-refractivity contribution is 5.38. The van der Waals surface area contributed by atoms with Crippen molar-refractivity contribution in [3.05, 3.63) is 23.9 Å². The standard InChI is InChI=1S/C11H19N3/c1-3-7-14(4-2)11-6-5-10(8-12)9-13-11/h5-6,9H,3-4,7-8,12H2,1-2H3. The van der Waals surface area contributed by atoms with Crippen LogP contribution in [0, 0.1) is 0 Å². The molecule has 14 heavy (non-hydrogen) atoms. The normalized spacial score (nSPS) is 10.2. The van der Waals surface area contributed by atoms with E-state index < -0.39 is 0 Å². The molecule has 0 fully saturated rings. The number of nitrogens with zero attached hydrogens (tertiary/aromatic N) is 2. The first-order chi connectivity index (χ1) is 6.81. The van der Waals surface area contributed by atoms with Gasteiger partial charge in [-0.15, -0.1) is 0 Å². The minimum atomic E-state index is 0.563. The fourth-order valence-corrected chi connectivity index (χ4v) is 1.43. The molecule has 0 aliphatic rings. The average molecular weight is 193 g/mol. The molecule has 0 aliphatic heterocycles. The average Bonchev–Trinajstić information content (AvgIpc) is 2.26. The Labute approximate surface area is 85.9 Å². The van der Waals surface area contributed by atoms with Gasteiger partial charge < -0.3 is 10.6 Å². The van der Waals surface area contributed by atoms with Crippen LogP contribution in [0.3, 0.4) is 0 Å². The Balaban J connectivity index is 2.73. The Morgan fingerprint density at radius 3 is 2.57 bits per heavy atom. The van der Waals surface area contributed by atoms with Crippen molar-refractivity contribution >= 4 is 5.82 Å². The molecular weight excluding hydrogens is 174 g/mol. The van der Waals surface area contributed by atoms with Crippen molar-refractivity contribution in [1.29, 1.82) is 0 Å². The topological polar surface area (TPSA) is 42.1 Å². The molecule has 0 bridgehead atoms. The molecule has 1 aromatic heterocycles. The Kier molecular flexibility index (Phi) is 4.40. The van der Waals surface area contributed by atoms with Crippen molar-refractivity contribution in [2.75, 3.05) is 18.0 Å². The maximum atomic E-state index is 5.51. The van der Waals surface area contributed by atoms with E-state index in [1.807, 2.05) is 18.3 Å². The minimum absolute atomic E-state index is 0.563. The summed E-state index contributed by atoms with van der Waals surface area (Å²) < 4.78 is 0. The maximum absolute atomic E-state index is 5.51. The van der Waals surface area contributed by atoms with Gasteiger partial charge in [-0.1, -0.05) is 13.0 Å². The summed E-state index contributed by atoms with van der Waals surface area (Å²) in [5, 5.41) is 0. The highest BCUT2D eigenvalue weighted by Crippen LogP contribution is 2.11. The summed E-state index contributed by atoms with van der Waals surface area (Å²) in [4.78, 5) is 6.65. The monoisotopic (exact) mass is 193 g/mol. The third-order valence-corrected chi connectivity index (χ3v) is 2.24. The second-order valence-corrected chi connectivity index (χ2v) is 3.31. The van der Waals surface area contributed by atoms with Crippen molar-refractivity contribution in [2.24, 2.45) is 5.73 Å². The Morgan fingerprint density at radius 1 is 1.36 bits per heavy atom. The van der Waals surface area contributed by atoms with E-state index in [-0.39, 0.29) is 0 Å². The molecule has 0 aromatic carbocycles. The zero-order valence-corrected chi connectivity index (χ0v) is 9.03. The Bertz CT molecular complexity index is 256. The SMILES string of the molecule is CCCN(CC)c1ccc(CN)cn1. The first-order valence-corrected chi connectivity index (χ1v) is 5.21. The van der Waals surface area contributed by atoms with Gasteiger partial charge in [0.1, 0.15) is 5.82 Å². The molecule has 0 spiro atoms. The molecule has 3 nitrogen and oxygen atoms in total. The van der Waals surface area contributed by atoms with E-state index >= 15 is 0 Å². The van der Waals surface area contributed by atoms with Gasteiger partial charge in [-0.25, -0.2) is 4.98 Å². The number of rotatable bonds is 5. The van der Waals surface area contributed by atoms with Crippen LogP contribution >= 0.6 is 0 Å². The summed E-state index contributed by atoms with van der Waals surface area (Å²) in [7, 11) is 0. The van der Waals surface area contributed by atoms with E-state index in [4.69, 9.17) is 5.73 Å². The fraction of sp³-hybridized carbons (Fsp3) is 0.545. The number of aromatic nitrogens is 1. The quantitative estimate of drug-likeness (QED) is 0.775. The van der Waals surface area contributed by atoms with Crippen LogP contribution in [0.25, 0.3) is 0 Å². The summed E-state index contributed by atoms with van der Waals surface area (Å²) in [6.45, 7) is 6.95. The maximum Gasteiger partial charge on any atom is 0.128 e. The molecule has 2 N–H and O–H groups in total. The lowest BCUT2D eigenvalue weighted by molar-refractivity contribution is 0.777. The second kappa shape index (κ2) is 5.60. The predicted molar refractivity (Wildman–Crippen MR) is 60.3 cm³/mol. The van der Waals surface area contributed by atoms with Crippen LogP contribution in [0.15, 0.2) is 18.3 Å². The highest BCUT2D eigenvalue weighted by atomic mass is 15.2. The molecule has 3 heteroatoms. The third-order valence-electron chi connectivity index (χ3n) is 2.24. The van der Waals surface area contributed by atoms with Crippen LogP contribution in [0.5, 0.6) is 0 Å². The van der Waals surface area contributed by atoms with Gasteiger partial charge in [-0.2, -0.15) is 0 Å². The van der Waals surface area contributed by atoms with Gasteiger partial charge in [0, 0.05) is 25.8 Å². The van der Waals surface area contributed by atoms with Gasteiger partial charge in [0.15, 0.2) is 0 Å². The number of hydrogen-bond donors (Lipinski definition) is 1. The van der Waals surface area contributed by atoms with Crippen LogP contribution in [-0.4, -0.2) is 18.1 Å². The van der Waals surface area contributed by atoms with Gasteiger partial charge in [-0.05, 0) is 25.0 Å². The van der Waals surface area contributed by atoms with Gasteiger partial charge >= 0.3 is 0 Å². The molecule has 1 heterocycles. The molecular formula is C11H19N3. The molecule has 0 radical (unpaired) electrons. The summed E-state index contributed by atoms with van der Waals surface area (Å²) in [5.41, 5.74) is 6.60. The van der Waals surface area contributed by atoms with E-state index in [9.17, 15) is 0 Å². The van der Waals surface area contributed by atoms with Crippen LogP contribution in [0.1, 0.15) is 25.8 Å². The van der Waals surface area contributed by atoms with Crippen LogP contribution in [-0.2, 0) is 6.54 Å². The van der Waals surface area contributed by atoms with Crippen molar-refractivity contribution in [1.82, 2.24) is 4.98 Å². The van der Waals surface area contributed by atoms with E-state index in [2.05, 4.69) is 23.7 Å². The smallest absolute Gasteiger partial charge is 0.128 e. The Hall–Kier alpha value is -1.09. The lowest BCUT2D eigenvalue weighted by atomic mass is 10.3. The van der Waals surface area contributed by atoms with E-state index in [1.54, 1.807) is 0 Å². The van der Waals surface area contributed by atoms with Crippen molar-refractivity contribution in [2.45, 2.75) is 26.8 Å². The van der Waals surface area contributed by atoms with Gasteiger partial charge in [-0.3, -0.25) is 0 Å². The molecule has 1 aromatic rings. The number of pyridine rings is 1. The summed E-state index contributed by atoms with van der Waals surface area (Å²) >= 11 is 0. The lowest BCUT2D eigenvalue weighted by Gasteiger charge is -2.21. The Morgan fingerprint density at radius 2 is 2.14 bits per heavy atom. The van der Waals surface area contributed by atoms with Crippen molar-refractivity contribution in [3.63, 3.8) is 0 Å². The molecule has 0 atom stereocenters. The zero-order valence-electron chi connectivity index (χ0n) is 9.03. The molecule has 0 saturated heterocycles. The fourth-order valence-electron chi connectivity index (χ4n) is 1.43. The lowest BCUT2D eigenvalue weighted by Crippen LogP contribution is -2.24. The first kappa shape index (κ1) is 11.0. The minimum Gasteiger partial charge on any atom is -0.357 e. The molecule has 1 rings (SSSR count).